The molecule has 1 aliphatic heterocycles. The van der Waals surface area contributed by atoms with Gasteiger partial charge in [0.2, 0.25) is 11.7 Å². The Labute approximate surface area is 103 Å². The van der Waals surface area contributed by atoms with Gasteiger partial charge in [-0.25, -0.2) is 0 Å². The highest BCUT2D eigenvalue weighted by Gasteiger charge is 2.16. The van der Waals surface area contributed by atoms with Crippen LogP contribution in [0.3, 0.4) is 0 Å². The molecule has 1 unspecified atom stereocenters. The standard InChI is InChI=1S/C11H14N4OS/c1(8-3-4-12-5-8)2-10-14-11(15-16-10)9-6-13-7-17-9/h6-8,12H,1-5H2. The molecule has 1 saturated heterocycles. The molecule has 5 nitrogen and oxygen atoms in total. The molecule has 0 aliphatic carbocycles. The van der Waals surface area contributed by atoms with Gasteiger partial charge in [-0.1, -0.05) is 5.16 Å². The van der Waals surface area contributed by atoms with Gasteiger partial charge in [0.15, 0.2) is 0 Å². The van der Waals surface area contributed by atoms with Crippen LogP contribution in [-0.4, -0.2) is 28.2 Å². The van der Waals surface area contributed by atoms with Gasteiger partial charge in [0.25, 0.3) is 0 Å². The van der Waals surface area contributed by atoms with Crippen LogP contribution in [0.25, 0.3) is 10.7 Å². The number of aromatic nitrogens is 3. The molecule has 0 bridgehead atoms. The lowest BCUT2D eigenvalue weighted by molar-refractivity contribution is 0.365. The summed E-state index contributed by atoms with van der Waals surface area (Å²) in [6, 6.07) is 0. The molecule has 1 N–H and O–H groups in total. The molecule has 6 heteroatoms. The average molecular weight is 250 g/mol. The number of hydrogen-bond donors (Lipinski definition) is 1. The van der Waals surface area contributed by atoms with E-state index in [1.165, 1.54) is 17.8 Å². The summed E-state index contributed by atoms with van der Waals surface area (Å²) in [6.07, 6.45) is 5.02. The first-order chi connectivity index (χ1) is 8.42. The maximum absolute atomic E-state index is 5.25. The molecule has 0 amide bonds. The van der Waals surface area contributed by atoms with Gasteiger partial charge in [-0.15, -0.1) is 11.3 Å². The van der Waals surface area contributed by atoms with E-state index in [4.69, 9.17) is 4.52 Å². The predicted molar refractivity (Wildman–Crippen MR) is 64.7 cm³/mol. The van der Waals surface area contributed by atoms with Gasteiger partial charge in [-0.3, -0.25) is 4.98 Å². The Balaban J connectivity index is 1.60. The van der Waals surface area contributed by atoms with Crippen LogP contribution >= 0.6 is 11.3 Å². The van der Waals surface area contributed by atoms with Crippen LogP contribution in [0.4, 0.5) is 0 Å². The molecular formula is C11H14N4OS. The lowest BCUT2D eigenvalue weighted by Crippen LogP contribution is -2.09. The minimum Gasteiger partial charge on any atom is -0.339 e. The van der Waals surface area contributed by atoms with Crippen molar-refractivity contribution in [2.24, 2.45) is 5.92 Å². The van der Waals surface area contributed by atoms with Gasteiger partial charge in [0, 0.05) is 12.6 Å². The summed E-state index contributed by atoms with van der Waals surface area (Å²) >= 11 is 1.53. The summed E-state index contributed by atoms with van der Waals surface area (Å²) in [6.45, 7) is 2.26. The number of nitrogens with one attached hydrogen (secondary N) is 1. The minimum absolute atomic E-state index is 0.659. The molecular weight excluding hydrogens is 236 g/mol. The maximum Gasteiger partial charge on any atom is 0.226 e. The number of aryl methyl sites for hydroxylation is 1. The summed E-state index contributed by atoms with van der Waals surface area (Å²) in [5, 5.41) is 7.34. The molecule has 1 fully saturated rings. The smallest absolute Gasteiger partial charge is 0.226 e. The zero-order valence-corrected chi connectivity index (χ0v) is 10.2. The van der Waals surface area contributed by atoms with Gasteiger partial charge in [-0.05, 0) is 31.8 Å². The fraction of sp³-hybridized carbons (Fsp3) is 0.545. The van der Waals surface area contributed by atoms with Crippen LogP contribution in [0, 0.1) is 5.92 Å². The van der Waals surface area contributed by atoms with E-state index in [2.05, 4.69) is 20.4 Å². The van der Waals surface area contributed by atoms with E-state index < -0.39 is 0 Å². The third-order valence-electron chi connectivity index (χ3n) is 3.05. The molecule has 0 spiro atoms. The zero-order chi connectivity index (χ0) is 11.5. The summed E-state index contributed by atoms with van der Waals surface area (Å²) in [5.41, 5.74) is 1.77. The van der Waals surface area contributed by atoms with Crippen molar-refractivity contribution in [1.29, 1.82) is 0 Å². The van der Waals surface area contributed by atoms with Crippen molar-refractivity contribution < 1.29 is 4.52 Å². The van der Waals surface area contributed by atoms with Crippen molar-refractivity contribution >= 4 is 11.3 Å². The fourth-order valence-electron chi connectivity index (χ4n) is 2.07. The Hall–Kier alpha value is -1.27. The SMILES string of the molecule is c1ncc(-c2noc(CCC3CCNC3)n2)s1. The van der Waals surface area contributed by atoms with E-state index in [-0.39, 0.29) is 0 Å². The van der Waals surface area contributed by atoms with E-state index in [0.717, 1.165) is 42.6 Å². The third-order valence-corrected chi connectivity index (χ3v) is 3.82. The molecule has 2 aromatic heterocycles. The van der Waals surface area contributed by atoms with Crippen LogP contribution in [-0.2, 0) is 6.42 Å². The lowest BCUT2D eigenvalue weighted by Gasteiger charge is -2.03. The van der Waals surface area contributed by atoms with E-state index in [1.807, 2.05) is 0 Å². The summed E-state index contributed by atoms with van der Waals surface area (Å²) in [7, 11) is 0. The topological polar surface area (TPSA) is 63.8 Å². The largest absolute Gasteiger partial charge is 0.339 e. The predicted octanol–water partition coefficient (Wildman–Crippen LogP) is 1.74. The Morgan fingerprint density at radius 3 is 3.29 bits per heavy atom. The van der Waals surface area contributed by atoms with Crippen LogP contribution in [0.2, 0.25) is 0 Å². The first kappa shape index (κ1) is 10.9. The maximum atomic E-state index is 5.25. The van der Waals surface area contributed by atoms with Gasteiger partial charge in [-0.2, -0.15) is 4.98 Å². The number of rotatable bonds is 4. The van der Waals surface area contributed by atoms with Crippen LogP contribution < -0.4 is 5.32 Å². The Bertz CT molecular complexity index is 462. The summed E-state index contributed by atoms with van der Waals surface area (Å²) < 4.78 is 5.25. The van der Waals surface area contributed by atoms with Crippen molar-refractivity contribution in [3.8, 4) is 10.7 Å². The van der Waals surface area contributed by atoms with E-state index >= 15 is 0 Å². The normalized spacial score (nSPS) is 19.9. The highest BCUT2D eigenvalue weighted by Crippen LogP contribution is 2.21. The summed E-state index contributed by atoms with van der Waals surface area (Å²) in [4.78, 5) is 9.35. The second kappa shape index (κ2) is 4.93. The quantitative estimate of drug-likeness (QED) is 0.895. The van der Waals surface area contributed by atoms with Gasteiger partial charge < -0.3 is 9.84 Å². The van der Waals surface area contributed by atoms with Gasteiger partial charge in [0.05, 0.1) is 10.4 Å². The second-order valence-corrected chi connectivity index (χ2v) is 5.16. The second-order valence-electron chi connectivity index (χ2n) is 4.27. The summed E-state index contributed by atoms with van der Waals surface area (Å²) in [5.74, 6) is 2.15. The molecule has 2 aromatic rings. The molecule has 1 aliphatic rings. The van der Waals surface area contributed by atoms with Crippen molar-refractivity contribution in [2.75, 3.05) is 13.1 Å². The zero-order valence-electron chi connectivity index (χ0n) is 9.43. The highest BCUT2D eigenvalue weighted by molar-refractivity contribution is 7.13. The van der Waals surface area contributed by atoms with E-state index in [9.17, 15) is 0 Å². The van der Waals surface area contributed by atoms with E-state index in [0.29, 0.717) is 5.82 Å². The molecule has 90 valence electrons. The molecule has 17 heavy (non-hydrogen) atoms. The van der Waals surface area contributed by atoms with E-state index in [1.54, 1.807) is 11.7 Å². The first-order valence-electron chi connectivity index (χ1n) is 5.84. The molecule has 0 radical (unpaired) electrons. The van der Waals surface area contributed by atoms with Crippen LogP contribution in [0.15, 0.2) is 16.2 Å². The fourth-order valence-corrected chi connectivity index (χ4v) is 2.62. The molecule has 0 saturated carbocycles. The number of nitrogens with zero attached hydrogens (tertiary/aromatic N) is 3. The van der Waals surface area contributed by atoms with Crippen molar-refractivity contribution in [3.63, 3.8) is 0 Å². The van der Waals surface area contributed by atoms with Gasteiger partial charge in [0.1, 0.15) is 0 Å². The Kier molecular flexibility index (Phi) is 3.15. The lowest BCUT2D eigenvalue weighted by atomic mass is 10.0. The van der Waals surface area contributed by atoms with Crippen LogP contribution in [0.5, 0.6) is 0 Å². The molecule has 0 aromatic carbocycles. The van der Waals surface area contributed by atoms with Gasteiger partial charge >= 0.3 is 0 Å². The first-order valence-corrected chi connectivity index (χ1v) is 6.72. The Morgan fingerprint density at radius 1 is 1.53 bits per heavy atom. The monoisotopic (exact) mass is 250 g/mol. The molecule has 3 heterocycles. The molecule has 1 atom stereocenters. The third kappa shape index (κ3) is 2.53. The molecule has 3 rings (SSSR count). The Morgan fingerprint density at radius 2 is 2.53 bits per heavy atom. The number of hydrogen-bond acceptors (Lipinski definition) is 6. The van der Waals surface area contributed by atoms with Crippen molar-refractivity contribution in [1.82, 2.24) is 20.4 Å². The highest BCUT2D eigenvalue weighted by atomic mass is 32.1. The van der Waals surface area contributed by atoms with Crippen molar-refractivity contribution in [3.05, 3.63) is 17.6 Å². The van der Waals surface area contributed by atoms with Crippen LogP contribution in [0.1, 0.15) is 18.7 Å². The minimum atomic E-state index is 0.659. The van der Waals surface area contributed by atoms with Crippen molar-refractivity contribution in [2.45, 2.75) is 19.3 Å². The number of thiazole rings is 1. The average Bonchev–Trinajstić information content (AvgIpc) is 3.09.